The van der Waals surface area contributed by atoms with E-state index in [1.54, 1.807) is 0 Å². The number of hydrogen-bond donors (Lipinski definition) is 1. The molecule has 3 aromatic rings. The van der Waals surface area contributed by atoms with Crippen molar-refractivity contribution in [2.45, 2.75) is 26.4 Å². The average Bonchev–Trinajstić information content (AvgIpc) is 2.93. The predicted octanol–water partition coefficient (Wildman–Crippen LogP) is 4.06. The Labute approximate surface area is 119 Å². The molecule has 3 rings (SSSR count). The van der Waals surface area contributed by atoms with Gasteiger partial charge in [-0.1, -0.05) is 25.1 Å². The first kappa shape index (κ1) is 12.7. The number of nitrogens with one attached hydrogen (secondary N) is 1. The molecule has 0 bridgehead atoms. The van der Waals surface area contributed by atoms with Gasteiger partial charge in [0.15, 0.2) is 0 Å². The number of aryl methyl sites for hydroxylation is 1. The van der Waals surface area contributed by atoms with Crippen LogP contribution in [0.2, 0.25) is 0 Å². The second kappa shape index (κ2) is 5.78. The van der Waals surface area contributed by atoms with Crippen LogP contribution in [0.25, 0.3) is 10.9 Å². The maximum absolute atomic E-state index is 4.47. The number of nitrogens with zero attached hydrogens (tertiary/aromatic N) is 2. The molecule has 1 aromatic carbocycles. The third kappa shape index (κ3) is 2.52. The van der Waals surface area contributed by atoms with Crippen LogP contribution in [0.5, 0.6) is 0 Å². The predicted molar refractivity (Wildman–Crippen MR) is 83.8 cm³/mol. The standard InChI is InChI=1S/C17H19N3/c1-2-11-20-12-5-8-15(20)13-19-16-9-3-6-14-7-4-10-18-17(14)16/h3-10,12,19H,2,11,13H2,1H3. The molecule has 0 amide bonds. The average molecular weight is 265 g/mol. The van der Waals surface area contributed by atoms with Crippen molar-refractivity contribution in [1.29, 1.82) is 0 Å². The van der Waals surface area contributed by atoms with Gasteiger partial charge in [-0.2, -0.15) is 0 Å². The van der Waals surface area contributed by atoms with Gasteiger partial charge in [-0.05, 0) is 30.7 Å². The molecule has 0 atom stereocenters. The molecule has 0 spiro atoms. The number of benzene rings is 1. The molecular formula is C17H19N3. The number of hydrogen-bond acceptors (Lipinski definition) is 2. The summed E-state index contributed by atoms with van der Waals surface area (Å²) in [6, 6.07) is 14.6. The molecule has 0 fully saturated rings. The molecule has 0 aliphatic rings. The van der Waals surface area contributed by atoms with E-state index in [2.05, 4.69) is 64.4 Å². The highest BCUT2D eigenvalue weighted by molar-refractivity contribution is 5.90. The molecule has 0 saturated carbocycles. The molecule has 20 heavy (non-hydrogen) atoms. The summed E-state index contributed by atoms with van der Waals surface area (Å²) in [5.74, 6) is 0. The van der Waals surface area contributed by atoms with Crippen molar-refractivity contribution in [2.24, 2.45) is 0 Å². The van der Waals surface area contributed by atoms with Gasteiger partial charge in [0.1, 0.15) is 0 Å². The van der Waals surface area contributed by atoms with Crippen LogP contribution in [0.1, 0.15) is 19.0 Å². The Kier molecular flexibility index (Phi) is 3.68. The molecule has 0 unspecified atom stereocenters. The van der Waals surface area contributed by atoms with Crippen molar-refractivity contribution in [2.75, 3.05) is 5.32 Å². The van der Waals surface area contributed by atoms with E-state index in [4.69, 9.17) is 0 Å². The minimum absolute atomic E-state index is 0.822. The molecular weight excluding hydrogens is 246 g/mol. The van der Waals surface area contributed by atoms with E-state index < -0.39 is 0 Å². The summed E-state index contributed by atoms with van der Waals surface area (Å²) in [4.78, 5) is 4.47. The summed E-state index contributed by atoms with van der Waals surface area (Å²) < 4.78 is 2.30. The van der Waals surface area contributed by atoms with E-state index in [0.29, 0.717) is 0 Å². The van der Waals surface area contributed by atoms with Gasteiger partial charge >= 0.3 is 0 Å². The van der Waals surface area contributed by atoms with E-state index in [-0.39, 0.29) is 0 Å². The van der Waals surface area contributed by atoms with Crippen molar-refractivity contribution in [1.82, 2.24) is 9.55 Å². The third-order valence-electron chi connectivity index (χ3n) is 3.48. The summed E-state index contributed by atoms with van der Waals surface area (Å²) >= 11 is 0. The lowest BCUT2D eigenvalue weighted by Gasteiger charge is -2.11. The molecule has 2 heterocycles. The summed E-state index contributed by atoms with van der Waals surface area (Å²) in [6.45, 7) is 4.09. The Hall–Kier alpha value is -2.29. The lowest BCUT2D eigenvalue weighted by molar-refractivity contribution is 0.654. The zero-order valence-corrected chi connectivity index (χ0v) is 11.7. The van der Waals surface area contributed by atoms with Crippen LogP contribution in [-0.4, -0.2) is 9.55 Å². The fraction of sp³-hybridized carbons (Fsp3) is 0.235. The topological polar surface area (TPSA) is 29.9 Å². The van der Waals surface area contributed by atoms with Crippen molar-refractivity contribution >= 4 is 16.6 Å². The Morgan fingerprint density at radius 1 is 1.10 bits per heavy atom. The lowest BCUT2D eigenvalue weighted by atomic mass is 10.2. The van der Waals surface area contributed by atoms with Crippen LogP contribution >= 0.6 is 0 Å². The van der Waals surface area contributed by atoms with E-state index in [1.165, 1.54) is 11.1 Å². The smallest absolute Gasteiger partial charge is 0.0933 e. The van der Waals surface area contributed by atoms with E-state index in [9.17, 15) is 0 Å². The largest absolute Gasteiger partial charge is 0.378 e. The van der Waals surface area contributed by atoms with Gasteiger partial charge in [-0.3, -0.25) is 4.98 Å². The fourth-order valence-corrected chi connectivity index (χ4v) is 2.50. The van der Waals surface area contributed by atoms with Crippen LogP contribution in [0.15, 0.2) is 54.9 Å². The SMILES string of the molecule is CCCn1cccc1CNc1cccc2cccnc12. The van der Waals surface area contributed by atoms with Crippen LogP contribution in [-0.2, 0) is 13.1 Å². The molecule has 0 radical (unpaired) electrons. The van der Waals surface area contributed by atoms with Gasteiger partial charge in [-0.25, -0.2) is 0 Å². The Morgan fingerprint density at radius 3 is 2.90 bits per heavy atom. The van der Waals surface area contributed by atoms with Gasteiger partial charge in [0.25, 0.3) is 0 Å². The zero-order valence-electron chi connectivity index (χ0n) is 11.7. The lowest BCUT2D eigenvalue weighted by Crippen LogP contribution is -2.07. The minimum atomic E-state index is 0.822. The Balaban J connectivity index is 1.81. The zero-order chi connectivity index (χ0) is 13.8. The second-order valence-corrected chi connectivity index (χ2v) is 4.93. The molecule has 0 aliphatic carbocycles. The van der Waals surface area contributed by atoms with Crippen LogP contribution in [0.4, 0.5) is 5.69 Å². The second-order valence-electron chi connectivity index (χ2n) is 4.93. The van der Waals surface area contributed by atoms with E-state index >= 15 is 0 Å². The first-order valence-electron chi connectivity index (χ1n) is 7.10. The highest BCUT2D eigenvalue weighted by Gasteiger charge is 2.03. The summed E-state index contributed by atoms with van der Waals surface area (Å²) in [5, 5.41) is 4.67. The quantitative estimate of drug-likeness (QED) is 0.754. The highest BCUT2D eigenvalue weighted by Crippen LogP contribution is 2.21. The molecule has 3 nitrogen and oxygen atoms in total. The third-order valence-corrected chi connectivity index (χ3v) is 3.48. The van der Waals surface area contributed by atoms with Gasteiger partial charge in [-0.15, -0.1) is 0 Å². The summed E-state index contributed by atoms with van der Waals surface area (Å²) in [6.07, 6.45) is 5.13. The van der Waals surface area contributed by atoms with Crippen molar-refractivity contribution < 1.29 is 0 Å². The normalized spacial score (nSPS) is 10.8. The first-order valence-corrected chi connectivity index (χ1v) is 7.10. The molecule has 0 saturated heterocycles. The molecule has 0 aliphatic heterocycles. The summed E-state index contributed by atoms with van der Waals surface area (Å²) in [7, 11) is 0. The van der Waals surface area contributed by atoms with E-state index in [1.807, 2.05) is 12.3 Å². The number of para-hydroxylation sites is 1. The van der Waals surface area contributed by atoms with Crippen LogP contribution in [0, 0.1) is 0 Å². The van der Waals surface area contributed by atoms with Gasteiger partial charge < -0.3 is 9.88 Å². The Bertz CT molecular complexity index is 695. The van der Waals surface area contributed by atoms with Crippen molar-refractivity contribution in [3.05, 3.63) is 60.6 Å². The number of aromatic nitrogens is 2. The van der Waals surface area contributed by atoms with Crippen molar-refractivity contribution in [3.8, 4) is 0 Å². The van der Waals surface area contributed by atoms with E-state index in [0.717, 1.165) is 30.7 Å². The van der Waals surface area contributed by atoms with Gasteiger partial charge in [0.05, 0.1) is 17.7 Å². The van der Waals surface area contributed by atoms with Gasteiger partial charge in [0.2, 0.25) is 0 Å². The number of fused-ring (bicyclic) bond motifs is 1. The number of pyridine rings is 1. The fourth-order valence-electron chi connectivity index (χ4n) is 2.50. The van der Waals surface area contributed by atoms with Crippen LogP contribution < -0.4 is 5.32 Å². The first-order chi connectivity index (χ1) is 9.88. The monoisotopic (exact) mass is 265 g/mol. The molecule has 1 N–H and O–H groups in total. The van der Waals surface area contributed by atoms with Crippen LogP contribution in [0.3, 0.4) is 0 Å². The minimum Gasteiger partial charge on any atom is -0.378 e. The van der Waals surface area contributed by atoms with Gasteiger partial charge in [0, 0.05) is 30.0 Å². The Morgan fingerprint density at radius 2 is 2.00 bits per heavy atom. The maximum atomic E-state index is 4.47. The summed E-state index contributed by atoms with van der Waals surface area (Å²) in [5.41, 5.74) is 3.43. The molecule has 2 aromatic heterocycles. The maximum Gasteiger partial charge on any atom is 0.0933 e. The number of rotatable bonds is 5. The molecule has 3 heteroatoms. The number of anilines is 1. The molecule has 102 valence electrons. The van der Waals surface area contributed by atoms with Crippen molar-refractivity contribution in [3.63, 3.8) is 0 Å². The highest BCUT2D eigenvalue weighted by atomic mass is 15.0.